The second-order valence-corrected chi connectivity index (χ2v) is 5.37. The zero-order valence-corrected chi connectivity index (χ0v) is 11.2. The summed E-state index contributed by atoms with van der Waals surface area (Å²) in [5, 5.41) is 2.73. The largest absolute Gasteiger partial charge is 0.377 e. The van der Waals surface area contributed by atoms with Gasteiger partial charge in [-0.3, -0.25) is 0 Å². The molecular formula is C12H21N3OS. The van der Waals surface area contributed by atoms with Crippen LogP contribution < -0.4 is 5.73 Å². The Kier molecular flexibility index (Phi) is 4.76. The molecule has 4 nitrogen and oxygen atoms in total. The maximum absolute atomic E-state index is 5.76. The lowest BCUT2D eigenvalue weighted by molar-refractivity contribution is 0.0521. The zero-order chi connectivity index (χ0) is 12.1. The van der Waals surface area contributed by atoms with E-state index in [4.69, 9.17) is 10.5 Å². The molecule has 2 rings (SSSR count). The SMILES string of the molecule is CCC1CN(CCc2csc(N)n2)CCCO1. The number of hydrogen-bond donors (Lipinski definition) is 1. The van der Waals surface area contributed by atoms with Crippen LogP contribution in [0.15, 0.2) is 5.38 Å². The van der Waals surface area contributed by atoms with Crippen LogP contribution in [0.2, 0.25) is 0 Å². The van der Waals surface area contributed by atoms with Crippen molar-refractivity contribution in [3.63, 3.8) is 0 Å². The highest BCUT2D eigenvalue weighted by molar-refractivity contribution is 7.13. The average Bonchev–Trinajstić information content (AvgIpc) is 2.62. The predicted octanol–water partition coefficient (Wildman–Crippen LogP) is 1.77. The van der Waals surface area contributed by atoms with E-state index in [1.807, 2.05) is 0 Å². The van der Waals surface area contributed by atoms with Crippen LogP contribution >= 0.6 is 11.3 Å². The molecule has 1 fully saturated rings. The van der Waals surface area contributed by atoms with Crippen molar-refractivity contribution in [2.24, 2.45) is 0 Å². The lowest BCUT2D eigenvalue weighted by atomic mass is 10.2. The number of rotatable bonds is 4. The summed E-state index contributed by atoms with van der Waals surface area (Å²) in [5.41, 5.74) is 6.75. The minimum Gasteiger partial charge on any atom is -0.377 e. The number of anilines is 1. The van der Waals surface area contributed by atoms with E-state index in [0.29, 0.717) is 11.2 Å². The molecule has 1 saturated heterocycles. The summed E-state index contributed by atoms with van der Waals surface area (Å²) in [6.07, 6.45) is 3.62. The normalized spacial score (nSPS) is 22.5. The first-order valence-electron chi connectivity index (χ1n) is 6.31. The lowest BCUT2D eigenvalue weighted by Crippen LogP contribution is -2.33. The Balaban J connectivity index is 1.81. The average molecular weight is 255 g/mol. The molecule has 96 valence electrons. The molecule has 2 N–H and O–H groups in total. The van der Waals surface area contributed by atoms with Crippen molar-refractivity contribution in [3.8, 4) is 0 Å². The third-order valence-corrected chi connectivity index (χ3v) is 3.87. The van der Waals surface area contributed by atoms with E-state index in [1.54, 1.807) is 0 Å². The van der Waals surface area contributed by atoms with E-state index in [2.05, 4.69) is 22.2 Å². The van der Waals surface area contributed by atoms with Crippen LogP contribution in [0.3, 0.4) is 0 Å². The summed E-state index contributed by atoms with van der Waals surface area (Å²) in [6, 6.07) is 0. The Morgan fingerprint density at radius 1 is 1.65 bits per heavy atom. The highest BCUT2D eigenvalue weighted by Gasteiger charge is 2.17. The first kappa shape index (κ1) is 12.8. The molecular weight excluding hydrogens is 234 g/mol. The predicted molar refractivity (Wildman–Crippen MR) is 71.3 cm³/mol. The molecule has 5 heteroatoms. The summed E-state index contributed by atoms with van der Waals surface area (Å²) in [5.74, 6) is 0. The Bertz CT molecular complexity index is 342. The molecule has 1 aromatic heterocycles. The van der Waals surface area contributed by atoms with Crippen LogP contribution in [0, 0.1) is 0 Å². The molecule has 0 aliphatic carbocycles. The number of thiazole rings is 1. The van der Waals surface area contributed by atoms with Gasteiger partial charge in [-0.05, 0) is 12.8 Å². The van der Waals surface area contributed by atoms with Crippen molar-refractivity contribution in [1.29, 1.82) is 0 Å². The first-order valence-corrected chi connectivity index (χ1v) is 7.19. The molecule has 0 amide bonds. The monoisotopic (exact) mass is 255 g/mol. The van der Waals surface area contributed by atoms with Gasteiger partial charge in [0.25, 0.3) is 0 Å². The molecule has 1 aliphatic rings. The molecule has 0 spiro atoms. The fraction of sp³-hybridized carbons (Fsp3) is 0.750. The van der Waals surface area contributed by atoms with Crippen molar-refractivity contribution in [2.75, 3.05) is 32.0 Å². The summed E-state index contributed by atoms with van der Waals surface area (Å²) in [4.78, 5) is 6.78. The van der Waals surface area contributed by atoms with Gasteiger partial charge >= 0.3 is 0 Å². The van der Waals surface area contributed by atoms with Gasteiger partial charge in [-0.15, -0.1) is 11.3 Å². The third kappa shape index (κ3) is 3.94. The van der Waals surface area contributed by atoms with Crippen LogP contribution in [0.5, 0.6) is 0 Å². The second-order valence-electron chi connectivity index (χ2n) is 4.48. The minimum absolute atomic E-state index is 0.401. The fourth-order valence-electron chi connectivity index (χ4n) is 2.13. The second kappa shape index (κ2) is 6.33. The van der Waals surface area contributed by atoms with E-state index in [1.165, 1.54) is 11.3 Å². The van der Waals surface area contributed by atoms with Crippen LogP contribution in [-0.4, -0.2) is 42.2 Å². The molecule has 1 aliphatic heterocycles. The Morgan fingerprint density at radius 2 is 2.53 bits per heavy atom. The van der Waals surface area contributed by atoms with Gasteiger partial charge in [0.15, 0.2) is 5.13 Å². The maximum atomic E-state index is 5.76. The molecule has 17 heavy (non-hydrogen) atoms. The zero-order valence-electron chi connectivity index (χ0n) is 10.4. The van der Waals surface area contributed by atoms with Gasteiger partial charge in [-0.2, -0.15) is 0 Å². The minimum atomic E-state index is 0.401. The van der Waals surface area contributed by atoms with E-state index < -0.39 is 0 Å². The van der Waals surface area contributed by atoms with Crippen molar-refractivity contribution >= 4 is 16.5 Å². The number of nitrogens with two attached hydrogens (primary N) is 1. The van der Waals surface area contributed by atoms with Crippen LogP contribution in [0.4, 0.5) is 5.13 Å². The molecule has 0 radical (unpaired) electrons. The van der Waals surface area contributed by atoms with Crippen molar-refractivity contribution in [1.82, 2.24) is 9.88 Å². The van der Waals surface area contributed by atoms with Gasteiger partial charge in [0.1, 0.15) is 0 Å². The number of nitrogen functional groups attached to an aromatic ring is 1. The summed E-state index contributed by atoms with van der Waals surface area (Å²) < 4.78 is 5.76. The number of hydrogen-bond acceptors (Lipinski definition) is 5. The smallest absolute Gasteiger partial charge is 0.180 e. The molecule has 0 saturated carbocycles. The quantitative estimate of drug-likeness (QED) is 0.891. The summed E-state index contributed by atoms with van der Waals surface area (Å²) >= 11 is 1.52. The number of nitrogens with zero attached hydrogens (tertiary/aromatic N) is 2. The molecule has 0 aromatic carbocycles. The van der Waals surface area contributed by atoms with Crippen molar-refractivity contribution < 1.29 is 4.74 Å². The molecule has 1 unspecified atom stereocenters. The van der Waals surface area contributed by atoms with E-state index in [9.17, 15) is 0 Å². The van der Waals surface area contributed by atoms with E-state index >= 15 is 0 Å². The summed E-state index contributed by atoms with van der Waals surface area (Å²) in [6.45, 7) is 6.34. The van der Waals surface area contributed by atoms with E-state index in [0.717, 1.165) is 51.2 Å². The highest BCUT2D eigenvalue weighted by Crippen LogP contribution is 2.13. The van der Waals surface area contributed by atoms with E-state index in [-0.39, 0.29) is 0 Å². The standard InChI is InChI=1S/C12H21N3OS/c1-2-11-8-15(5-3-7-16-11)6-4-10-9-17-12(13)14-10/h9,11H,2-8H2,1H3,(H2,13,14). The number of aromatic nitrogens is 1. The topological polar surface area (TPSA) is 51.4 Å². The molecule has 0 bridgehead atoms. The van der Waals surface area contributed by atoms with Crippen molar-refractivity contribution in [2.45, 2.75) is 32.3 Å². The van der Waals surface area contributed by atoms with Crippen molar-refractivity contribution in [3.05, 3.63) is 11.1 Å². The number of ether oxygens (including phenoxy) is 1. The highest BCUT2D eigenvalue weighted by atomic mass is 32.1. The van der Waals surface area contributed by atoms with Crippen LogP contribution in [-0.2, 0) is 11.2 Å². The fourth-order valence-corrected chi connectivity index (χ4v) is 2.73. The van der Waals surface area contributed by atoms with Crippen LogP contribution in [0.1, 0.15) is 25.5 Å². The van der Waals surface area contributed by atoms with Gasteiger partial charge in [-0.25, -0.2) is 4.98 Å². The van der Waals surface area contributed by atoms with Gasteiger partial charge in [0.2, 0.25) is 0 Å². The Labute approximate surface area is 107 Å². The van der Waals surface area contributed by atoms with Crippen LogP contribution in [0.25, 0.3) is 0 Å². The van der Waals surface area contributed by atoms with Gasteiger partial charge in [0.05, 0.1) is 11.8 Å². The Morgan fingerprint density at radius 3 is 3.24 bits per heavy atom. The molecule has 1 atom stereocenters. The molecule has 1 aromatic rings. The van der Waals surface area contributed by atoms with Gasteiger partial charge < -0.3 is 15.4 Å². The summed E-state index contributed by atoms with van der Waals surface area (Å²) in [7, 11) is 0. The van der Waals surface area contributed by atoms with Gasteiger partial charge in [-0.1, -0.05) is 6.92 Å². The van der Waals surface area contributed by atoms with Gasteiger partial charge in [0, 0.05) is 38.0 Å². The first-order chi connectivity index (χ1) is 8.28. The lowest BCUT2D eigenvalue weighted by Gasteiger charge is -2.22. The molecule has 2 heterocycles. The Hall–Kier alpha value is -0.650. The maximum Gasteiger partial charge on any atom is 0.180 e. The third-order valence-electron chi connectivity index (χ3n) is 3.14.